The standard InChI is InChI=1S/C13H16N4OS/c1-8-4-10(5-12(14-3)17-8)13(18)15-6-11-9(2)16-7-19-11/h4-5,7H,6H2,1-3H3,(H,14,17)(H,15,18). The Bertz CT molecular complexity index is 594. The fourth-order valence-electron chi connectivity index (χ4n) is 1.69. The van der Waals surface area contributed by atoms with E-state index in [0.29, 0.717) is 17.9 Å². The average molecular weight is 276 g/mol. The van der Waals surface area contributed by atoms with Gasteiger partial charge in [-0.05, 0) is 26.0 Å². The number of hydrogen-bond acceptors (Lipinski definition) is 5. The molecule has 0 bridgehead atoms. The summed E-state index contributed by atoms with van der Waals surface area (Å²) in [6, 6.07) is 3.51. The van der Waals surface area contributed by atoms with E-state index in [9.17, 15) is 4.79 Å². The molecule has 0 aliphatic carbocycles. The molecule has 0 aromatic carbocycles. The predicted octanol–water partition coefficient (Wildman–Crippen LogP) is 2.13. The summed E-state index contributed by atoms with van der Waals surface area (Å²) >= 11 is 1.55. The highest BCUT2D eigenvalue weighted by Gasteiger charge is 2.09. The molecule has 2 rings (SSSR count). The lowest BCUT2D eigenvalue weighted by Crippen LogP contribution is -2.23. The number of anilines is 1. The monoisotopic (exact) mass is 276 g/mol. The number of amides is 1. The van der Waals surface area contributed by atoms with Crippen LogP contribution in [0.1, 0.15) is 26.6 Å². The Labute approximate surface area is 116 Å². The summed E-state index contributed by atoms with van der Waals surface area (Å²) in [5.74, 6) is 0.592. The number of rotatable bonds is 4. The molecular weight excluding hydrogens is 260 g/mol. The van der Waals surface area contributed by atoms with Gasteiger partial charge in [-0.2, -0.15) is 0 Å². The number of pyridine rings is 1. The third-order valence-corrected chi connectivity index (χ3v) is 3.66. The number of nitrogens with zero attached hydrogens (tertiary/aromatic N) is 2. The maximum Gasteiger partial charge on any atom is 0.251 e. The third kappa shape index (κ3) is 3.29. The van der Waals surface area contributed by atoms with Gasteiger partial charge in [0.2, 0.25) is 0 Å². The highest BCUT2D eigenvalue weighted by Crippen LogP contribution is 2.13. The van der Waals surface area contributed by atoms with E-state index in [4.69, 9.17) is 0 Å². The number of carbonyl (C=O) groups is 1. The molecule has 0 saturated heterocycles. The molecule has 0 atom stereocenters. The minimum atomic E-state index is -0.102. The fraction of sp³-hybridized carbons (Fsp3) is 0.308. The van der Waals surface area contributed by atoms with Crippen LogP contribution in [0.25, 0.3) is 0 Å². The van der Waals surface area contributed by atoms with Crippen LogP contribution in [0.4, 0.5) is 5.82 Å². The first-order chi connectivity index (χ1) is 9.10. The van der Waals surface area contributed by atoms with Crippen LogP contribution in [0.5, 0.6) is 0 Å². The molecule has 2 N–H and O–H groups in total. The van der Waals surface area contributed by atoms with Crippen molar-refractivity contribution < 1.29 is 4.79 Å². The van der Waals surface area contributed by atoms with Crippen molar-refractivity contribution in [3.05, 3.63) is 39.5 Å². The van der Waals surface area contributed by atoms with E-state index in [1.165, 1.54) is 0 Å². The minimum Gasteiger partial charge on any atom is -0.373 e. The van der Waals surface area contributed by atoms with E-state index < -0.39 is 0 Å². The first-order valence-electron chi connectivity index (χ1n) is 5.93. The van der Waals surface area contributed by atoms with Crippen molar-refractivity contribution >= 4 is 23.1 Å². The number of aromatic nitrogens is 2. The van der Waals surface area contributed by atoms with E-state index in [1.54, 1.807) is 36.0 Å². The second-order valence-corrected chi connectivity index (χ2v) is 5.12. The quantitative estimate of drug-likeness (QED) is 0.897. The summed E-state index contributed by atoms with van der Waals surface area (Å²) in [5.41, 5.74) is 4.17. The molecule has 2 aromatic heterocycles. The highest BCUT2D eigenvalue weighted by molar-refractivity contribution is 7.09. The Balaban J connectivity index is 2.08. The molecule has 0 aliphatic heterocycles. The summed E-state index contributed by atoms with van der Waals surface area (Å²) in [5, 5.41) is 5.84. The molecule has 0 aliphatic rings. The van der Waals surface area contributed by atoms with Crippen molar-refractivity contribution in [3.63, 3.8) is 0 Å². The summed E-state index contributed by atoms with van der Waals surface area (Å²) in [6.07, 6.45) is 0. The zero-order chi connectivity index (χ0) is 13.8. The summed E-state index contributed by atoms with van der Waals surface area (Å²) < 4.78 is 0. The Morgan fingerprint density at radius 1 is 1.37 bits per heavy atom. The van der Waals surface area contributed by atoms with Crippen molar-refractivity contribution in [1.82, 2.24) is 15.3 Å². The topological polar surface area (TPSA) is 66.9 Å². The molecular formula is C13H16N4OS. The van der Waals surface area contributed by atoms with Gasteiger partial charge in [-0.15, -0.1) is 11.3 Å². The van der Waals surface area contributed by atoms with Gasteiger partial charge < -0.3 is 10.6 Å². The molecule has 6 heteroatoms. The van der Waals surface area contributed by atoms with Crippen LogP contribution in [-0.4, -0.2) is 22.9 Å². The van der Waals surface area contributed by atoms with Gasteiger partial charge in [-0.25, -0.2) is 9.97 Å². The molecule has 0 spiro atoms. The van der Waals surface area contributed by atoms with Gasteiger partial charge in [0, 0.05) is 23.2 Å². The Kier molecular flexibility index (Phi) is 4.11. The van der Waals surface area contributed by atoms with Gasteiger partial charge in [0.15, 0.2) is 0 Å². The van der Waals surface area contributed by atoms with Crippen LogP contribution in [-0.2, 0) is 6.54 Å². The summed E-state index contributed by atoms with van der Waals surface area (Å²) in [6.45, 7) is 4.31. The lowest BCUT2D eigenvalue weighted by atomic mass is 10.2. The average Bonchev–Trinajstić information content (AvgIpc) is 2.80. The van der Waals surface area contributed by atoms with Gasteiger partial charge in [0.25, 0.3) is 5.91 Å². The van der Waals surface area contributed by atoms with E-state index in [1.807, 2.05) is 13.8 Å². The van der Waals surface area contributed by atoms with Crippen molar-refractivity contribution in [3.8, 4) is 0 Å². The molecule has 2 heterocycles. The van der Waals surface area contributed by atoms with E-state index in [-0.39, 0.29) is 5.91 Å². The van der Waals surface area contributed by atoms with Crippen molar-refractivity contribution in [2.45, 2.75) is 20.4 Å². The number of thiazole rings is 1. The molecule has 5 nitrogen and oxygen atoms in total. The zero-order valence-corrected chi connectivity index (χ0v) is 12.0. The van der Waals surface area contributed by atoms with Gasteiger partial charge in [-0.1, -0.05) is 0 Å². The van der Waals surface area contributed by atoms with E-state index in [0.717, 1.165) is 16.3 Å². The smallest absolute Gasteiger partial charge is 0.251 e. The zero-order valence-electron chi connectivity index (χ0n) is 11.2. The van der Waals surface area contributed by atoms with E-state index in [2.05, 4.69) is 20.6 Å². The van der Waals surface area contributed by atoms with Gasteiger partial charge >= 0.3 is 0 Å². The summed E-state index contributed by atoms with van der Waals surface area (Å²) in [4.78, 5) is 21.6. The van der Waals surface area contributed by atoms with Gasteiger partial charge in [-0.3, -0.25) is 4.79 Å². The number of hydrogen-bond donors (Lipinski definition) is 2. The van der Waals surface area contributed by atoms with Crippen LogP contribution in [0.15, 0.2) is 17.6 Å². The molecule has 0 radical (unpaired) electrons. The molecule has 1 amide bonds. The predicted molar refractivity (Wildman–Crippen MR) is 76.5 cm³/mol. The Morgan fingerprint density at radius 3 is 2.79 bits per heavy atom. The summed E-state index contributed by atoms with van der Waals surface area (Å²) in [7, 11) is 1.78. The first-order valence-corrected chi connectivity index (χ1v) is 6.81. The molecule has 0 fully saturated rings. The lowest BCUT2D eigenvalue weighted by molar-refractivity contribution is 0.0951. The lowest BCUT2D eigenvalue weighted by Gasteiger charge is -2.07. The maximum absolute atomic E-state index is 12.1. The SMILES string of the molecule is CNc1cc(C(=O)NCc2scnc2C)cc(C)n1. The molecule has 0 unspecified atom stereocenters. The molecule has 2 aromatic rings. The number of aryl methyl sites for hydroxylation is 2. The van der Waals surface area contributed by atoms with Gasteiger partial charge in [0.05, 0.1) is 17.7 Å². The first kappa shape index (κ1) is 13.5. The van der Waals surface area contributed by atoms with Crippen LogP contribution in [0.2, 0.25) is 0 Å². The Hall–Kier alpha value is -1.95. The minimum absolute atomic E-state index is 0.102. The fourth-order valence-corrected chi connectivity index (χ4v) is 2.40. The largest absolute Gasteiger partial charge is 0.373 e. The third-order valence-electron chi connectivity index (χ3n) is 2.73. The maximum atomic E-state index is 12.1. The van der Waals surface area contributed by atoms with Crippen molar-refractivity contribution in [1.29, 1.82) is 0 Å². The second-order valence-electron chi connectivity index (χ2n) is 4.18. The normalized spacial score (nSPS) is 10.3. The second kappa shape index (κ2) is 5.79. The van der Waals surface area contributed by atoms with Crippen LogP contribution in [0.3, 0.4) is 0 Å². The van der Waals surface area contributed by atoms with Gasteiger partial charge in [0.1, 0.15) is 5.82 Å². The van der Waals surface area contributed by atoms with Crippen molar-refractivity contribution in [2.75, 3.05) is 12.4 Å². The number of nitrogens with one attached hydrogen (secondary N) is 2. The number of carbonyl (C=O) groups excluding carboxylic acids is 1. The van der Waals surface area contributed by atoms with Crippen LogP contribution < -0.4 is 10.6 Å². The molecule has 0 saturated carbocycles. The van der Waals surface area contributed by atoms with Crippen LogP contribution >= 0.6 is 11.3 Å². The van der Waals surface area contributed by atoms with E-state index >= 15 is 0 Å². The molecule has 19 heavy (non-hydrogen) atoms. The highest BCUT2D eigenvalue weighted by atomic mass is 32.1. The molecule has 100 valence electrons. The van der Waals surface area contributed by atoms with Crippen LogP contribution in [0, 0.1) is 13.8 Å². The Morgan fingerprint density at radius 2 is 2.16 bits per heavy atom. The van der Waals surface area contributed by atoms with Crippen molar-refractivity contribution in [2.24, 2.45) is 0 Å².